The molecule has 3 aromatic carbocycles. The van der Waals surface area contributed by atoms with Crippen LogP contribution < -0.4 is 24.4 Å². The van der Waals surface area contributed by atoms with Crippen molar-refractivity contribution in [2.75, 3.05) is 25.2 Å². The molecule has 10 heteroatoms. The molecule has 0 aromatic heterocycles. The molecule has 0 bridgehead atoms. The van der Waals surface area contributed by atoms with Gasteiger partial charge in [0, 0.05) is 11.4 Å². The number of ether oxygens (including phenoxy) is 3. The minimum absolute atomic E-state index is 0.213. The fourth-order valence-electron chi connectivity index (χ4n) is 3.74. The third-order valence-corrected chi connectivity index (χ3v) is 6.38. The van der Waals surface area contributed by atoms with E-state index in [0.717, 1.165) is 16.2 Å². The Balaban J connectivity index is 1.48. The maximum absolute atomic E-state index is 13.1. The van der Waals surface area contributed by atoms with Crippen LogP contribution in [0.5, 0.6) is 17.2 Å². The van der Waals surface area contributed by atoms with Crippen LogP contribution in [-0.4, -0.2) is 38.2 Å². The van der Waals surface area contributed by atoms with Gasteiger partial charge in [0.1, 0.15) is 11.3 Å². The highest BCUT2D eigenvalue weighted by Gasteiger charge is 2.36. The third-order valence-electron chi connectivity index (χ3n) is 5.54. The molecule has 8 nitrogen and oxygen atoms in total. The second-order valence-electron chi connectivity index (χ2n) is 8.34. The predicted molar refractivity (Wildman–Crippen MR) is 148 cm³/mol. The number of methoxy groups -OCH3 is 1. The molecular weight excluding hydrogens is 576 g/mol. The summed E-state index contributed by atoms with van der Waals surface area (Å²) in [6.45, 7) is 2.86. The Labute approximate surface area is 233 Å². The number of carbonyl (C=O) groups excluding carboxylic acids is 3. The Morgan fingerprint density at radius 2 is 1.74 bits per heavy atom. The second kappa shape index (κ2) is 12.1. The zero-order chi connectivity index (χ0) is 27.2. The molecule has 0 atom stereocenters. The highest BCUT2D eigenvalue weighted by atomic mass is 79.9. The number of nitrogens with one attached hydrogen (secondary N) is 1. The average Bonchev–Trinajstić information content (AvgIpc) is 2.88. The molecule has 0 radical (unpaired) electrons. The van der Waals surface area contributed by atoms with Crippen LogP contribution in [-0.2, 0) is 9.59 Å². The van der Waals surface area contributed by atoms with Gasteiger partial charge in [0.25, 0.3) is 11.8 Å². The smallest absolute Gasteiger partial charge is 0.335 e. The molecule has 4 rings (SSSR count). The molecule has 1 N–H and O–H groups in total. The van der Waals surface area contributed by atoms with E-state index in [9.17, 15) is 14.4 Å². The highest BCUT2D eigenvalue weighted by Crippen LogP contribution is 2.37. The summed E-state index contributed by atoms with van der Waals surface area (Å²) < 4.78 is 17.7. The van der Waals surface area contributed by atoms with Gasteiger partial charge in [0.15, 0.2) is 11.5 Å². The van der Waals surface area contributed by atoms with Crippen molar-refractivity contribution in [1.82, 2.24) is 5.32 Å². The summed E-state index contributed by atoms with van der Waals surface area (Å²) in [7, 11) is 1.49. The molecule has 3 aromatic rings. The van der Waals surface area contributed by atoms with E-state index < -0.39 is 17.8 Å². The van der Waals surface area contributed by atoms with Crippen molar-refractivity contribution in [1.29, 1.82) is 0 Å². The Morgan fingerprint density at radius 3 is 2.45 bits per heavy atom. The highest BCUT2D eigenvalue weighted by molar-refractivity contribution is 9.10. The Morgan fingerprint density at radius 1 is 1.00 bits per heavy atom. The van der Waals surface area contributed by atoms with Crippen LogP contribution in [0.2, 0.25) is 5.02 Å². The fourth-order valence-corrected chi connectivity index (χ4v) is 4.44. The van der Waals surface area contributed by atoms with E-state index in [1.54, 1.807) is 24.3 Å². The first-order valence-corrected chi connectivity index (χ1v) is 12.8. The Bertz CT molecular complexity index is 1410. The van der Waals surface area contributed by atoms with Gasteiger partial charge in [0.2, 0.25) is 0 Å². The van der Waals surface area contributed by atoms with Crippen LogP contribution in [0.4, 0.5) is 10.5 Å². The number of benzene rings is 3. The number of rotatable bonds is 9. The zero-order valence-corrected chi connectivity index (χ0v) is 23.0. The van der Waals surface area contributed by atoms with Crippen molar-refractivity contribution in [2.45, 2.75) is 13.3 Å². The van der Waals surface area contributed by atoms with E-state index in [1.165, 1.54) is 25.3 Å². The number of barbiturate groups is 1. The van der Waals surface area contributed by atoms with Gasteiger partial charge >= 0.3 is 6.03 Å². The maximum atomic E-state index is 13.1. The molecule has 1 aliphatic heterocycles. The van der Waals surface area contributed by atoms with Gasteiger partial charge in [-0.25, -0.2) is 9.69 Å². The standard InChI is InChI=1S/C28H24BrClN2O6/c1-17-5-3-6-21(13-17)37-11-4-12-38-25-23(29)15-18(16-24(25)36-2)14-22-26(33)31-28(35)32(27(22)34)20-9-7-19(30)8-10-20/h3,5-10,13-16H,4,11-12H2,1-2H3,(H,31,33,35)/b22-14-. The molecule has 0 spiro atoms. The van der Waals surface area contributed by atoms with Gasteiger partial charge in [-0.1, -0.05) is 23.7 Å². The summed E-state index contributed by atoms with van der Waals surface area (Å²) in [5.74, 6) is 0.126. The number of hydrogen-bond donors (Lipinski definition) is 1. The second-order valence-corrected chi connectivity index (χ2v) is 9.63. The fraction of sp³-hybridized carbons (Fsp3) is 0.179. The molecular formula is C28H24BrClN2O6. The van der Waals surface area contributed by atoms with Gasteiger partial charge in [-0.05, 0) is 88.6 Å². The van der Waals surface area contributed by atoms with E-state index >= 15 is 0 Å². The van der Waals surface area contributed by atoms with Crippen LogP contribution >= 0.6 is 27.5 Å². The van der Waals surface area contributed by atoms with Crippen LogP contribution in [0.15, 0.2) is 70.7 Å². The van der Waals surface area contributed by atoms with Gasteiger partial charge < -0.3 is 14.2 Å². The molecule has 1 aliphatic rings. The number of carbonyl (C=O) groups is 3. The number of nitrogens with zero attached hydrogens (tertiary/aromatic N) is 1. The largest absolute Gasteiger partial charge is 0.493 e. The number of halogens is 2. The molecule has 0 aliphatic carbocycles. The predicted octanol–water partition coefficient (Wildman–Crippen LogP) is 5.93. The normalized spacial score (nSPS) is 14.5. The zero-order valence-electron chi connectivity index (χ0n) is 20.6. The molecule has 1 fully saturated rings. The Kier molecular flexibility index (Phi) is 8.70. The van der Waals surface area contributed by atoms with Gasteiger partial charge in [-0.2, -0.15) is 0 Å². The lowest BCUT2D eigenvalue weighted by Gasteiger charge is -2.26. The Hall–Kier alpha value is -3.82. The topological polar surface area (TPSA) is 94.2 Å². The van der Waals surface area contributed by atoms with Gasteiger partial charge in [0.05, 0.1) is 30.5 Å². The number of urea groups is 1. The monoisotopic (exact) mass is 598 g/mol. The lowest BCUT2D eigenvalue weighted by atomic mass is 10.1. The van der Waals surface area contributed by atoms with Crippen LogP contribution in [0, 0.1) is 6.92 Å². The van der Waals surface area contributed by atoms with E-state index in [1.807, 2.05) is 31.2 Å². The van der Waals surface area contributed by atoms with Crippen LogP contribution in [0.25, 0.3) is 6.08 Å². The lowest BCUT2D eigenvalue weighted by Crippen LogP contribution is -2.54. The van der Waals surface area contributed by atoms with Crippen LogP contribution in [0.3, 0.4) is 0 Å². The summed E-state index contributed by atoms with van der Waals surface area (Å²) >= 11 is 9.40. The molecule has 1 heterocycles. The van der Waals surface area contributed by atoms with E-state index in [4.69, 9.17) is 25.8 Å². The summed E-state index contributed by atoms with van der Waals surface area (Å²) in [5, 5.41) is 2.65. The lowest BCUT2D eigenvalue weighted by molar-refractivity contribution is -0.122. The van der Waals surface area contributed by atoms with Crippen LogP contribution in [0.1, 0.15) is 17.5 Å². The van der Waals surface area contributed by atoms with Crippen molar-refractivity contribution in [3.05, 3.63) is 86.9 Å². The van der Waals surface area contributed by atoms with E-state index in [2.05, 4.69) is 21.2 Å². The molecule has 0 saturated carbocycles. The molecule has 38 heavy (non-hydrogen) atoms. The maximum Gasteiger partial charge on any atom is 0.335 e. The quantitative estimate of drug-likeness (QED) is 0.186. The molecule has 4 amide bonds. The number of anilines is 1. The van der Waals surface area contributed by atoms with E-state index in [0.29, 0.717) is 46.2 Å². The first-order valence-electron chi connectivity index (χ1n) is 11.6. The first-order chi connectivity index (χ1) is 18.3. The minimum Gasteiger partial charge on any atom is -0.493 e. The first kappa shape index (κ1) is 27.2. The van der Waals surface area contributed by atoms with E-state index in [-0.39, 0.29) is 11.3 Å². The molecule has 196 valence electrons. The number of hydrogen-bond acceptors (Lipinski definition) is 6. The van der Waals surface area contributed by atoms with Gasteiger partial charge in [-0.3, -0.25) is 14.9 Å². The molecule has 1 saturated heterocycles. The summed E-state index contributed by atoms with van der Waals surface area (Å²) in [6.07, 6.45) is 2.03. The summed E-state index contributed by atoms with van der Waals surface area (Å²) in [6, 6.07) is 16.4. The minimum atomic E-state index is -0.839. The summed E-state index contributed by atoms with van der Waals surface area (Å²) in [5.41, 5.74) is 1.69. The van der Waals surface area contributed by atoms with Gasteiger partial charge in [-0.15, -0.1) is 0 Å². The SMILES string of the molecule is COc1cc(/C=C2/C(=O)NC(=O)N(c3ccc(Cl)cc3)C2=O)cc(Br)c1OCCCOc1cccc(C)c1. The van der Waals surface area contributed by atoms with Crippen molar-refractivity contribution < 1.29 is 28.6 Å². The van der Waals surface area contributed by atoms with Crippen molar-refractivity contribution in [3.63, 3.8) is 0 Å². The number of aryl methyl sites for hydroxylation is 1. The van der Waals surface area contributed by atoms with Crippen molar-refractivity contribution >= 4 is 57.1 Å². The summed E-state index contributed by atoms with van der Waals surface area (Å²) in [4.78, 5) is 38.9. The number of amides is 4. The molecule has 0 unspecified atom stereocenters. The number of imide groups is 2. The van der Waals surface area contributed by atoms with Crippen molar-refractivity contribution in [2.24, 2.45) is 0 Å². The third kappa shape index (κ3) is 6.35. The van der Waals surface area contributed by atoms with Crippen molar-refractivity contribution in [3.8, 4) is 17.2 Å². The average molecular weight is 600 g/mol.